The second-order valence-electron chi connectivity index (χ2n) is 6.22. The van der Waals surface area contributed by atoms with Crippen LogP contribution in [0.1, 0.15) is 30.1 Å². The summed E-state index contributed by atoms with van der Waals surface area (Å²) in [6, 6.07) is 14.8. The van der Waals surface area contributed by atoms with Gasteiger partial charge in [0.25, 0.3) is 5.91 Å². The van der Waals surface area contributed by atoms with Gasteiger partial charge in [0.05, 0.1) is 12.0 Å². The number of ether oxygens (including phenoxy) is 1. The Hall–Kier alpha value is -3.02. The van der Waals surface area contributed by atoms with Gasteiger partial charge in [-0.1, -0.05) is 18.2 Å². The van der Waals surface area contributed by atoms with Crippen LogP contribution in [0, 0.1) is 13.8 Å². The van der Waals surface area contributed by atoms with Gasteiger partial charge >= 0.3 is 0 Å². The van der Waals surface area contributed by atoms with Gasteiger partial charge in [0.1, 0.15) is 17.6 Å². The summed E-state index contributed by atoms with van der Waals surface area (Å²) in [6.45, 7) is 6.01. The molecule has 3 aromatic rings. The van der Waals surface area contributed by atoms with Gasteiger partial charge in [-0.25, -0.2) is 0 Å². The van der Waals surface area contributed by atoms with Gasteiger partial charge in [-0.15, -0.1) is 0 Å². The smallest absolute Gasteiger partial charge is 0.260 e. The highest BCUT2D eigenvalue weighted by molar-refractivity contribution is 5.80. The average Bonchev–Trinajstić information content (AvgIpc) is 3.26. The van der Waals surface area contributed by atoms with Gasteiger partial charge in [-0.05, 0) is 51.1 Å². The molecule has 0 fully saturated rings. The summed E-state index contributed by atoms with van der Waals surface area (Å²) < 4.78 is 13.1. The first kappa shape index (κ1) is 17.8. The number of hydrogen-bond acceptors (Lipinski definition) is 4. The molecule has 0 saturated carbocycles. The molecule has 3 rings (SSSR count). The van der Waals surface area contributed by atoms with Crippen LogP contribution >= 0.6 is 0 Å². The van der Waals surface area contributed by atoms with Gasteiger partial charge < -0.3 is 14.5 Å². The molecule has 6 nitrogen and oxygen atoms in total. The molecular weight excluding hydrogens is 330 g/mol. The molecule has 0 aliphatic rings. The van der Waals surface area contributed by atoms with Crippen LogP contribution in [-0.4, -0.2) is 28.3 Å². The minimum Gasteiger partial charge on any atom is -0.481 e. The third-order valence-electron chi connectivity index (χ3n) is 4.11. The maximum atomic E-state index is 12.4. The first-order valence-corrected chi connectivity index (χ1v) is 8.60. The van der Waals surface area contributed by atoms with Crippen molar-refractivity contribution in [2.45, 2.75) is 32.9 Å². The van der Waals surface area contributed by atoms with Crippen LogP contribution in [0.4, 0.5) is 0 Å². The number of para-hydroxylation sites is 1. The van der Waals surface area contributed by atoms with Crippen molar-refractivity contribution in [3.05, 3.63) is 71.9 Å². The number of amides is 1. The van der Waals surface area contributed by atoms with E-state index in [0.717, 1.165) is 17.1 Å². The van der Waals surface area contributed by atoms with E-state index in [1.165, 1.54) is 0 Å². The van der Waals surface area contributed by atoms with Crippen molar-refractivity contribution in [3.63, 3.8) is 0 Å². The van der Waals surface area contributed by atoms with Crippen molar-refractivity contribution in [3.8, 4) is 5.75 Å². The van der Waals surface area contributed by atoms with E-state index in [1.54, 1.807) is 13.2 Å². The molecule has 1 aromatic carbocycles. The van der Waals surface area contributed by atoms with Crippen LogP contribution in [0.25, 0.3) is 0 Å². The minimum atomic E-state index is -0.602. The molecule has 6 heteroatoms. The zero-order valence-electron chi connectivity index (χ0n) is 15.2. The highest BCUT2D eigenvalue weighted by atomic mass is 16.5. The molecule has 2 aromatic heterocycles. The maximum absolute atomic E-state index is 12.4. The summed E-state index contributed by atoms with van der Waals surface area (Å²) in [6.07, 6.45) is 1.02. The fourth-order valence-electron chi connectivity index (χ4n) is 2.85. The lowest BCUT2D eigenvalue weighted by molar-refractivity contribution is -0.127. The van der Waals surface area contributed by atoms with E-state index < -0.39 is 6.10 Å². The Balaban J connectivity index is 1.68. The summed E-state index contributed by atoms with van der Waals surface area (Å²) >= 11 is 0. The van der Waals surface area contributed by atoms with Gasteiger partial charge in [0.2, 0.25) is 0 Å². The number of rotatable bonds is 7. The average molecular weight is 353 g/mol. The van der Waals surface area contributed by atoms with Gasteiger partial charge in [0, 0.05) is 12.2 Å². The van der Waals surface area contributed by atoms with E-state index in [1.807, 2.05) is 67.1 Å². The Bertz CT molecular complexity index is 841. The SMILES string of the molecule is Cc1cc(C)n(C(CNC(=O)C(C)Oc2ccccc2)c2ccco2)n1. The Morgan fingerprint density at radius 1 is 1.23 bits per heavy atom. The quantitative estimate of drug-likeness (QED) is 0.708. The second-order valence-corrected chi connectivity index (χ2v) is 6.22. The second kappa shape index (κ2) is 7.91. The number of aryl methyl sites for hydroxylation is 2. The third-order valence-corrected chi connectivity index (χ3v) is 4.11. The number of nitrogens with one attached hydrogen (secondary N) is 1. The van der Waals surface area contributed by atoms with E-state index in [2.05, 4.69) is 10.4 Å². The summed E-state index contributed by atoms with van der Waals surface area (Å²) in [5.74, 6) is 1.22. The predicted octanol–water partition coefficient (Wildman–Crippen LogP) is 3.27. The fourth-order valence-corrected chi connectivity index (χ4v) is 2.85. The molecule has 26 heavy (non-hydrogen) atoms. The zero-order chi connectivity index (χ0) is 18.5. The van der Waals surface area contributed by atoms with E-state index >= 15 is 0 Å². The number of hydrogen-bond donors (Lipinski definition) is 1. The Labute approximate surface area is 152 Å². The summed E-state index contributed by atoms with van der Waals surface area (Å²) in [4.78, 5) is 12.4. The molecule has 0 bridgehead atoms. The molecule has 0 saturated heterocycles. The van der Waals surface area contributed by atoms with Crippen LogP contribution in [-0.2, 0) is 4.79 Å². The monoisotopic (exact) mass is 353 g/mol. The number of carbonyl (C=O) groups excluding carboxylic acids is 1. The van der Waals surface area contributed by atoms with E-state index in [-0.39, 0.29) is 11.9 Å². The molecule has 2 unspecified atom stereocenters. The molecule has 2 heterocycles. The number of furan rings is 1. The van der Waals surface area contributed by atoms with Crippen LogP contribution in [0.5, 0.6) is 5.75 Å². The topological polar surface area (TPSA) is 69.3 Å². The zero-order valence-corrected chi connectivity index (χ0v) is 15.2. The molecule has 2 atom stereocenters. The normalized spacial score (nSPS) is 13.2. The Morgan fingerprint density at radius 2 is 2.00 bits per heavy atom. The van der Waals surface area contributed by atoms with E-state index in [0.29, 0.717) is 12.3 Å². The lowest BCUT2D eigenvalue weighted by Crippen LogP contribution is -2.39. The molecule has 1 N–H and O–H groups in total. The van der Waals surface area contributed by atoms with Gasteiger partial charge in [-0.2, -0.15) is 5.10 Å². The Kier molecular flexibility index (Phi) is 5.41. The largest absolute Gasteiger partial charge is 0.481 e. The molecule has 0 spiro atoms. The van der Waals surface area contributed by atoms with Crippen molar-refractivity contribution in [2.75, 3.05) is 6.54 Å². The molecule has 1 amide bonds. The van der Waals surface area contributed by atoms with Crippen LogP contribution in [0.2, 0.25) is 0 Å². The molecule has 0 aliphatic carbocycles. The lowest BCUT2D eigenvalue weighted by atomic mass is 10.2. The Morgan fingerprint density at radius 3 is 2.62 bits per heavy atom. The van der Waals surface area contributed by atoms with Crippen molar-refractivity contribution in [1.29, 1.82) is 0 Å². The number of nitrogens with zero attached hydrogens (tertiary/aromatic N) is 2. The highest BCUT2D eigenvalue weighted by Crippen LogP contribution is 2.20. The number of benzene rings is 1. The minimum absolute atomic E-state index is 0.188. The van der Waals surface area contributed by atoms with E-state index in [9.17, 15) is 4.79 Å². The van der Waals surface area contributed by atoms with Crippen LogP contribution < -0.4 is 10.1 Å². The highest BCUT2D eigenvalue weighted by Gasteiger charge is 2.22. The van der Waals surface area contributed by atoms with Crippen molar-refractivity contribution >= 4 is 5.91 Å². The standard InChI is InChI=1S/C20H23N3O3/c1-14-12-15(2)23(22-14)18(19-10-7-11-25-19)13-21-20(24)16(3)26-17-8-5-4-6-9-17/h4-12,16,18H,13H2,1-3H3,(H,21,24). The molecule has 136 valence electrons. The summed E-state index contributed by atoms with van der Waals surface area (Å²) in [5, 5.41) is 7.47. The molecule has 0 aliphatic heterocycles. The van der Waals surface area contributed by atoms with Crippen LogP contribution in [0.3, 0.4) is 0 Å². The van der Waals surface area contributed by atoms with Gasteiger partial charge in [0.15, 0.2) is 6.10 Å². The third kappa shape index (κ3) is 4.14. The lowest BCUT2D eigenvalue weighted by Gasteiger charge is -2.20. The summed E-state index contributed by atoms with van der Waals surface area (Å²) in [7, 11) is 0. The summed E-state index contributed by atoms with van der Waals surface area (Å²) in [5.41, 5.74) is 1.93. The van der Waals surface area contributed by atoms with Gasteiger partial charge in [-0.3, -0.25) is 9.48 Å². The van der Waals surface area contributed by atoms with Crippen molar-refractivity contribution in [1.82, 2.24) is 15.1 Å². The first-order chi connectivity index (χ1) is 12.5. The maximum Gasteiger partial charge on any atom is 0.260 e. The van der Waals surface area contributed by atoms with Crippen molar-refractivity contribution in [2.24, 2.45) is 0 Å². The predicted molar refractivity (Wildman–Crippen MR) is 98.1 cm³/mol. The number of carbonyl (C=O) groups is 1. The fraction of sp³-hybridized carbons (Fsp3) is 0.300. The van der Waals surface area contributed by atoms with Crippen LogP contribution in [0.15, 0.2) is 59.2 Å². The van der Waals surface area contributed by atoms with E-state index in [4.69, 9.17) is 9.15 Å². The first-order valence-electron chi connectivity index (χ1n) is 8.60. The number of aromatic nitrogens is 2. The molecule has 0 radical (unpaired) electrons. The van der Waals surface area contributed by atoms with Crippen molar-refractivity contribution < 1.29 is 13.9 Å². The molecular formula is C20H23N3O3.